The molecule has 0 fully saturated rings. The second-order valence-electron chi connectivity index (χ2n) is 4.78. The molecule has 0 aliphatic rings. The number of aryl methyl sites for hydroxylation is 2. The van der Waals surface area contributed by atoms with Crippen LogP contribution in [0.25, 0.3) is 0 Å². The van der Waals surface area contributed by atoms with E-state index in [0.29, 0.717) is 11.5 Å². The van der Waals surface area contributed by atoms with E-state index in [1.807, 2.05) is 26.0 Å². The number of rotatable bonds is 5. The zero-order chi connectivity index (χ0) is 16.1. The molecule has 0 aliphatic carbocycles. The van der Waals surface area contributed by atoms with Gasteiger partial charge in [0.1, 0.15) is 11.5 Å². The van der Waals surface area contributed by atoms with E-state index in [2.05, 4.69) is 0 Å². The fourth-order valence-corrected chi connectivity index (χ4v) is 1.87. The van der Waals surface area contributed by atoms with E-state index in [-0.39, 0.29) is 12.3 Å². The third-order valence-electron chi connectivity index (χ3n) is 2.96. The van der Waals surface area contributed by atoms with E-state index >= 15 is 0 Å². The minimum atomic E-state index is -0.537. The Morgan fingerprint density at radius 2 is 1.82 bits per heavy atom. The summed E-state index contributed by atoms with van der Waals surface area (Å²) in [5.74, 6) is 0.316. The van der Waals surface area contributed by atoms with E-state index in [9.17, 15) is 14.9 Å². The highest BCUT2D eigenvalue weighted by Gasteiger charge is 2.09. The molecule has 0 amide bonds. The second-order valence-corrected chi connectivity index (χ2v) is 4.78. The monoisotopic (exact) mass is 301 g/mol. The second kappa shape index (κ2) is 6.71. The van der Waals surface area contributed by atoms with Gasteiger partial charge in [-0.25, -0.2) is 4.79 Å². The van der Waals surface area contributed by atoms with E-state index in [0.717, 1.165) is 11.1 Å². The Balaban J connectivity index is 1.91. The number of hydrogen-bond acceptors (Lipinski definition) is 5. The summed E-state index contributed by atoms with van der Waals surface area (Å²) >= 11 is 0. The average Bonchev–Trinajstić information content (AvgIpc) is 2.48. The quantitative estimate of drug-likeness (QED) is 0.367. The van der Waals surface area contributed by atoms with E-state index in [4.69, 9.17) is 9.47 Å². The van der Waals surface area contributed by atoms with Gasteiger partial charge >= 0.3 is 5.97 Å². The number of benzene rings is 2. The van der Waals surface area contributed by atoms with Crippen LogP contribution in [0.3, 0.4) is 0 Å². The van der Waals surface area contributed by atoms with Crippen molar-refractivity contribution >= 4 is 11.7 Å². The molecule has 2 aromatic carbocycles. The molecule has 0 unspecified atom stereocenters. The summed E-state index contributed by atoms with van der Waals surface area (Å²) in [6.45, 7) is 3.54. The van der Waals surface area contributed by atoms with Crippen LogP contribution < -0.4 is 9.47 Å². The van der Waals surface area contributed by atoms with Gasteiger partial charge in [0.05, 0.1) is 4.92 Å². The minimum absolute atomic E-state index is 0.0368. The largest absolute Gasteiger partial charge is 0.482 e. The molecule has 0 aromatic heterocycles. The number of hydrogen-bond donors (Lipinski definition) is 0. The number of non-ortho nitro benzene ring substituents is 1. The maximum Gasteiger partial charge on any atom is 0.349 e. The van der Waals surface area contributed by atoms with Gasteiger partial charge in [-0.3, -0.25) is 10.1 Å². The normalized spacial score (nSPS) is 10.1. The summed E-state index contributed by atoms with van der Waals surface area (Å²) in [5.41, 5.74) is 1.91. The third kappa shape index (κ3) is 4.05. The fourth-order valence-electron chi connectivity index (χ4n) is 1.87. The van der Waals surface area contributed by atoms with Crippen molar-refractivity contribution < 1.29 is 19.2 Å². The summed E-state index contributed by atoms with van der Waals surface area (Å²) in [4.78, 5) is 21.8. The van der Waals surface area contributed by atoms with Gasteiger partial charge in [0.2, 0.25) is 0 Å². The zero-order valence-electron chi connectivity index (χ0n) is 12.2. The SMILES string of the molecule is Cc1ccc(OC(=O)COc2ccc([N+](=O)[O-])cc2)c(C)c1. The molecule has 0 atom stereocenters. The average molecular weight is 301 g/mol. The van der Waals surface area contributed by atoms with Crippen LogP contribution in [0.1, 0.15) is 11.1 Å². The Hall–Kier alpha value is -2.89. The number of nitrogens with zero attached hydrogens (tertiary/aromatic N) is 1. The topological polar surface area (TPSA) is 78.7 Å². The van der Waals surface area contributed by atoms with Crippen LogP contribution >= 0.6 is 0 Å². The van der Waals surface area contributed by atoms with Crippen LogP contribution in [-0.4, -0.2) is 17.5 Å². The van der Waals surface area contributed by atoms with Crippen LogP contribution in [-0.2, 0) is 4.79 Å². The van der Waals surface area contributed by atoms with Crippen LogP contribution in [0.4, 0.5) is 5.69 Å². The summed E-state index contributed by atoms with van der Waals surface area (Å²) in [6, 6.07) is 11.0. The van der Waals surface area contributed by atoms with Gasteiger partial charge in [0.25, 0.3) is 5.69 Å². The summed E-state index contributed by atoms with van der Waals surface area (Å²) in [6.07, 6.45) is 0. The first-order valence-electron chi connectivity index (χ1n) is 6.61. The number of nitro groups is 1. The van der Waals surface area contributed by atoms with Crippen LogP contribution in [0.2, 0.25) is 0 Å². The van der Waals surface area contributed by atoms with E-state index < -0.39 is 10.9 Å². The van der Waals surface area contributed by atoms with Crippen LogP contribution in [0.5, 0.6) is 11.5 Å². The van der Waals surface area contributed by atoms with Gasteiger partial charge in [-0.15, -0.1) is 0 Å². The maximum absolute atomic E-state index is 11.7. The molecule has 0 N–H and O–H groups in total. The Kier molecular flexibility index (Phi) is 4.73. The van der Waals surface area contributed by atoms with Crippen molar-refractivity contribution in [2.75, 3.05) is 6.61 Å². The first kappa shape index (κ1) is 15.5. The highest BCUT2D eigenvalue weighted by atomic mass is 16.6. The first-order chi connectivity index (χ1) is 10.5. The molecule has 2 rings (SSSR count). The lowest BCUT2D eigenvalue weighted by Crippen LogP contribution is -2.18. The number of nitro benzene ring substituents is 1. The Labute approximate surface area is 127 Å². The van der Waals surface area contributed by atoms with Gasteiger partial charge in [0.15, 0.2) is 6.61 Å². The molecule has 0 spiro atoms. The molecule has 0 saturated carbocycles. The maximum atomic E-state index is 11.7. The van der Waals surface area contributed by atoms with Crippen molar-refractivity contribution in [2.45, 2.75) is 13.8 Å². The number of esters is 1. The highest BCUT2D eigenvalue weighted by molar-refractivity contribution is 5.74. The highest BCUT2D eigenvalue weighted by Crippen LogP contribution is 2.20. The molecular formula is C16H15NO5. The molecule has 0 bridgehead atoms. The molecule has 2 aromatic rings. The molecule has 22 heavy (non-hydrogen) atoms. The zero-order valence-corrected chi connectivity index (χ0v) is 12.2. The standard InChI is InChI=1S/C16H15NO5/c1-11-3-8-15(12(2)9-11)22-16(18)10-21-14-6-4-13(5-7-14)17(19)20/h3-9H,10H2,1-2H3. The van der Waals surface area contributed by atoms with Gasteiger partial charge in [-0.1, -0.05) is 17.7 Å². The summed E-state index contributed by atoms with van der Waals surface area (Å²) < 4.78 is 10.5. The minimum Gasteiger partial charge on any atom is -0.482 e. The molecule has 0 aliphatic heterocycles. The summed E-state index contributed by atoms with van der Waals surface area (Å²) in [7, 11) is 0. The molecule has 114 valence electrons. The number of carbonyl (C=O) groups is 1. The predicted molar refractivity (Wildman–Crippen MR) is 80.1 cm³/mol. The van der Waals surface area contributed by atoms with Gasteiger partial charge in [0, 0.05) is 12.1 Å². The van der Waals surface area contributed by atoms with Crippen molar-refractivity contribution in [1.29, 1.82) is 0 Å². The summed E-state index contributed by atoms with van der Waals surface area (Å²) in [5, 5.41) is 10.5. The molecule has 0 radical (unpaired) electrons. The lowest BCUT2D eigenvalue weighted by molar-refractivity contribution is -0.384. The Bertz CT molecular complexity index is 694. The van der Waals surface area contributed by atoms with Crippen molar-refractivity contribution in [1.82, 2.24) is 0 Å². The third-order valence-corrected chi connectivity index (χ3v) is 2.96. The Morgan fingerprint density at radius 1 is 1.14 bits per heavy atom. The van der Waals surface area contributed by atoms with Gasteiger partial charge in [-0.05, 0) is 37.6 Å². The molecule has 0 heterocycles. The van der Waals surface area contributed by atoms with Gasteiger partial charge in [-0.2, -0.15) is 0 Å². The lowest BCUT2D eigenvalue weighted by Gasteiger charge is -2.09. The van der Waals surface area contributed by atoms with Crippen molar-refractivity contribution in [3.63, 3.8) is 0 Å². The Morgan fingerprint density at radius 3 is 2.41 bits per heavy atom. The van der Waals surface area contributed by atoms with Crippen molar-refractivity contribution in [2.24, 2.45) is 0 Å². The fraction of sp³-hybridized carbons (Fsp3) is 0.188. The van der Waals surface area contributed by atoms with Crippen LogP contribution in [0.15, 0.2) is 42.5 Å². The number of carbonyl (C=O) groups excluding carboxylic acids is 1. The molecule has 0 saturated heterocycles. The van der Waals surface area contributed by atoms with E-state index in [1.165, 1.54) is 24.3 Å². The molecule has 6 nitrogen and oxygen atoms in total. The predicted octanol–water partition coefficient (Wildman–Crippen LogP) is 3.20. The van der Waals surface area contributed by atoms with E-state index in [1.54, 1.807) is 6.07 Å². The molecular weight excluding hydrogens is 286 g/mol. The smallest absolute Gasteiger partial charge is 0.349 e. The lowest BCUT2D eigenvalue weighted by atomic mass is 10.1. The molecule has 6 heteroatoms. The first-order valence-corrected chi connectivity index (χ1v) is 6.61. The van der Waals surface area contributed by atoms with Crippen molar-refractivity contribution in [3.05, 3.63) is 63.7 Å². The van der Waals surface area contributed by atoms with Crippen molar-refractivity contribution in [3.8, 4) is 11.5 Å². The van der Waals surface area contributed by atoms with Gasteiger partial charge < -0.3 is 9.47 Å². The van der Waals surface area contributed by atoms with Crippen LogP contribution in [0, 0.1) is 24.0 Å². The number of ether oxygens (including phenoxy) is 2.